The van der Waals surface area contributed by atoms with E-state index in [9.17, 15) is 14.4 Å². The van der Waals surface area contributed by atoms with Gasteiger partial charge >= 0.3 is 0 Å². The van der Waals surface area contributed by atoms with Gasteiger partial charge in [-0.2, -0.15) is 0 Å². The number of methoxy groups -OCH3 is 2. The highest BCUT2D eigenvalue weighted by molar-refractivity contribution is 7.15. The minimum Gasteiger partial charge on any atom is -0.497 e. The van der Waals surface area contributed by atoms with E-state index in [0.717, 1.165) is 5.56 Å². The number of carbonyl (C=O) groups is 3. The number of hydrogen-bond acceptors (Lipinski definition) is 8. The Bertz CT molecular complexity index is 1160. The molecule has 1 aliphatic rings. The van der Waals surface area contributed by atoms with Gasteiger partial charge in [0.05, 0.1) is 19.8 Å². The van der Waals surface area contributed by atoms with Crippen LogP contribution in [0.4, 0.5) is 5.13 Å². The maximum Gasteiger partial charge on any atom is 0.297 e. The predicted molar refractivity (Wildman–Crippen MR) is 118 cm³/mol. The van der Waals surface area contributed by atoms with Crippen molar-refractivity contribution >= 4 is 33.9 Å². The Morgan fingerprint density at radius 1 is 1.03 bits per heavy atom. The van der Waals surface area contributed by atoms with Gasteiger partial charge in [-0.3, -0.25) is 19.3 Å². The van der Waals surface area contributed by atoms with Crippen molar-refractivity contribution in [3.63, 3.8) is 0 Å². The predicted octanol–water partition coefficient (Wildman–Crippen LogP) is 3.16. The minimum absolute atomic E-state index is 0.289. The van der Waals surface area contributed by atoms with Gasteiger partial charge in [-0.05, 0) is 42.3 Å². The van der Waals surface area contributed by atoms with E-state index in [2.05, 4.69) is 10.2 Å². The first-order valence-electron chi connectivity index (χ1n) is 9.88. The molecule has 9 heteroatoms. The fourth-order valence-corrected chi connectivity index (χ4v) is 4.50. The van der Waals surface area contributed by atoms with Crippen molar-refractivity contribution in [2.45, 2.75) is 19.6 Å². The molecule has 0 saturated carbocycles. The van der Waals surface area contributed by atoms with E-state index in [0.29, 0.717) is 28.5 Å². The van der Waals surface area contributed by atoms with Gasteiger partial charge in [-0.1, -0.05) is 35.6 Å². The summed E-state index contributed by atoms with van der Waals surface area (Å²) < 4.78 is 10.3. The van der Waals surface area contributed by atoms with Crippen molar-refractivity contribution < 1.29 is 23.9 Å². The molecule has 0 aliphatic carbocycles. The lowest BCUT2D eigenvalue weighted by molar-refractivity contribution is -0.135. The third kappa shape index (κ3) is 3.92. The molecule has 0 N–H and O–H groups in total. The summed E-state index contributed by atoms with van der Waals surface area (Å²) in [4.78, 5) is 40.9. The Hall–Kier alpha value is -3.43. The van der Waals surface area contributed by atoms with Crippen molar-refractivity contribution in [1.29, 1.82) is 0 Å². The highest BCUT2D eigenvalue weighted by atomic mass is 32.1. The van der Waals surface area contributed by atoms with Gasteiger partial charge in [0.25, 0.3) is 5.91 Å². The molecule has 4 rings (SSSR count). The third-order valence-corrected chi connectivity index (χ3v) is 6.15. The molecular formula is C23H21N3O5S. The van der Waals surface area contributed by atoms with Gasteiger partial charge in [-0.15, -0.1) is 10.2 Å². The maximum absolute atomic E-state index is 13.4. The van der Waals surface area contributed by atoms with Gasteiger partial charge in [0.2, 0.25) is 10.9 Å². The quantitative estimate of drug-likeness (QED) is 0.309. The minimum atomic E-state index is -1.20. The number of benzene rings is 2. The smallest absolute Gasteiger partial charge is 0.297 e. The fourth-order valence-electron chi connectivity index (χ4n) is 3.78. The Morgan fingerprint density at radius 3 is 2.28 bits per heavy atom. The van der Waals surface area contributed by atoms with E-state index in [-0.39, 0.29) is 5.13 Å². The van der Waals surface area contributed by atoms with Gasteiger partial charge in [-0.25, -0.2) is 0 Å². The Labute approximate surface area is 188 Å². The second-order valence-electron chi connectivity index (χ2n) is 7.33. The van der Waals surface area contributed by atoms with Crippen molar-refractivity contribution in [3.05, 3.63) is 70.2 Å². The number of ether oxygens (including phenoxy) is 2. The monoisotopic (exact) mass is 451 g/mol. The first kappa shape index (κ1) is 21.8. The zero-order valence-corrected chi connectivity index (χ0v) is 18.6. The lowest BCUT2D eigenvalue weighted by Gasteiger charge is -2.25. The van der Waals surface area contributed by atoms with E-state index in [1.165, 1.54) is 23.3 Å². The second-order valence-corrected chi connectivity index (χ2v) is 8.49. The molecule has 1 aliphatic heterocycles. The number of Topliss-reactive ketones (excluding diaryl/α,β-unsaturated/α-hetero) is 2. The summed E-state index contributed by atoms with van der Waals surface area (Å²) in [6.07, 6.45) is 0. The van der Waals surface area contributed by atoms with Crippen LogP contribution in [0.1, 0.15) is 32.5 Å². The SMILES string of the molecule is COCc1ccc(C2C(C(=O)c3ccc(OC)cc3)C(=O)C(=O)N2c2nnc(C)s2)cc1. The van der Waals surface area contributed by atoms with Gasteiger partial charge in [0.15, 0.2) is 5.78 Å². The van der Waals surface area contributed by atoms with Crippen LogP contribution in [0.3, 0.4) is 0 Å². The molecule has 1 saturated heterocycles. The van der Waals surface area contributed by atoms with Crippen LogP contribution in [0.2, 0.25) is 0 Å². The fraction of sp³-hybridized carbons (Fsp3) is 0.261. The Morgan fingerprint density at radius 2 is 1.72 bits per heavy atom. The first-order valence-corrected chi connectivity index (χ1v) is 10.7. The Kier molecular flexibility index (Phi) is 6.11. The molecule has 2 atom stereocenters. The molecule has 0 spiro atoms. The molecule has 164 valence electrons. The maximum atomic E-state index is 13.4. The van der Waals surface area contributed by atoms with E-state index in [4.69, 9.17) is 9.47 Å². The number of carbonyl (C=O) groups excluding carboxylic acids is 3. The average molecular weight is 452 g/mol. The average Bonchev–Trinajstić information content (AvgIpc) is 3.35. The molecule has 0 radical (unpaired) electrons. The summed E-state index contributed by atoms with van der Waals surface area (Å²) >= 11 is 1.20. The summed E-state index contributed by atoms with van der Waals surface area (Å²) in [5, 5.41) is 8.99. The topological polar surface area (TPSA) is 98.7 Å². The molecule has 0 bridgehead atoms. The van der Waals surface area contributed by atoms with E-state index in [1.807, 2.05) is 12.1 Å². The Balaban J connectivity index is 1.79. The number of rotatable bonds is 7. The van der Waals surface area contributed by atoms with Crippen LogP contribution < -0.4 is 9.64 Å². The molecular weight excluding hydrogens is 430 g/mol. The van der Waals surface area contributed by atoms with Crippen LogP contribution in [-0.4, -0.2) is 41.9 Å². The van der Waals surface area contributed by atoms with E-state index >= 15 is 0 Å². The number of nitrogens with zero attached hydrogens (tertiary/aromatic N) is 3. The number of hydrogen-bond donors (Lipinski definition) is 0. The molecule has 1 fully saturated rings. The number of aryl methyl sites for hydroxylation is 1. The molecule has 2 aromatic carbocycles. The number of ketones is 2. The van der Waals surface area contributed by atoms with Crippen LogP contribution >= 0.6 is 11.3 Å². The van der Waals surface area contributed by atoms with Gasteiger partial charge in [0.1, 0.15) is 16.7 Å². The van der Waals surface area contributed by atoms with Gasteiger partial charge < -0.3 is 9.47 Å². The van der Waals surface area contributed by atoms with Crippen molar-refractivity contribution in [1.82, 2.24) is 10.2 Å². The van der Waals surface area contributed by atoms with E-state index in [1.54, 1.807) is 50.4 Å². The van der Waals surface area contributed by atoms with Crippen LogP contribution in [0.15, 0.2) is 48.5 Å². The summed E-state index contributed by atoms with van der Waals surface area (Å²) in [5.41, 5.74) is 1.92. The molecule has 2 unspecified atom stereocenters. The van der Waals surface area contributed by atoms with Crippen molar-refractivity contribution in [2.24, 2.45) is 5.92 Å². The van der Waals surface area contributed by atoms with Crippen LogP contribution in [0, 0.1) is 12.8 Å². The largest absolute Gasteiger partial charge is 0.497 e. The standard InChI is InChI=1S/C23H21N3O5S/c1-13-24-25-23(32-13)26-19(15-6-4-14(5-7-15)12-30-2)18(21(28)22(26)29)20(27)16-8-10-17(31-3)11-9-16/h4-11,18-19H,12H2,1-3H3. The molecule has 32 heavy (non-hydrogen) atoms. The summed E-state index contributed by atoms with van der Waals surface area (Å²) in [6, 6.07) is 13.0. The zero-order valence-electron chi connectivity index (χ0n) is 17.8. The normalized spacial score (nSPS) is 18.3. The zero-order chi connectivity index (χ0) is 22.8. The van der Waals surface area contributed by atoms with Gasteiger partial charge in [0, 0.05) is 12.7 Å². The van der Waals surface area contributed by atoms with Crippen molar-refractivity contribution in [3.8, 4) is 5.75 Å². The lowest BCUT2D eigenvalue weighted by atomic mass is 9.86. The molecule has 3 aromatic rings. The van der Waals surface area contributed by atoms with E-state index < -0.39 is 29.4 Å². The second kappa shape index (κ2) is 8.97. The molecule has 8 nitrogen and oxygen atoms in total. The summed E-state index contributed by atoms with van der Waals surface area (Å²) in [5.74, 6) is -2.57. The van der Waals surface area contributed by atoms with Crippen molar-refractivity contribution in [2.75, 3.05) is 19.1 Å². The van der Waals surface area contributed by atoms with Crippen LogP contribution in [0.25, 0.3) is 0 Å². The highest BCUT2D eigenvalue weighted by Gasteiger charge is 2.53. The number of anilines is 1. The van der Waals surface area contributed by atoms with Crippen LogP contribution in [-0.2, 0) is 20.9 Å². The summed E-state index contributed by atoms with van der Waals surface area (Å²) in [7, 11) is 3.13. The number of amides is 1. The first-order chi connectivity index (χ1) is 15.4. The van der Waals surface area contributed by atoms with Crippen LogP contribution in [0.5, 0.6) is 5.75 Å². The highest BCUT2D eigenvalue weighted by Crippen LogP contribution is 2.42. The molecule has 1 amide bonds. The summed E-state index contributed by atoms with van der Waals surface area (Å²) in [6.45, 7) is 2.19. The molecule has 1 aromatic heterocycles. The molecule has 2 heterocycles. The number of aromatic nitrogens is 2. The lowest BCUT2D eigenvalue weighted by Crippen LogP contribution is -2.30. The third-order valence-electron chi connectivity index (χ3n) is 5.32.